The summed E-state index contributed by atoms with van der Waals surface area (Å²) < 4.78 is 5.22. The predicted octanol–water partition coefficient (Wildman–Crippen LogP) is 0.915. The summed E-state index contributed by atoms with van der Waals surface area (Å²) in [6, 6.07) is 0. The molecule has 0 saturated carbocycles. The molecule has 0 aromatic carbocycles. The molecule has 2 N–H and O–H groups in total. The summed E-state index contributed by atoms with van der Waals surface area (Å²) >= 11 is 0. The van der Waals surface area contributed by atoms with Gasteiger partial charge < -0.3 is 19.8 Å². The lowest BCUT2D eigenvalue weighted by Crippen LogP contribution is -2.33. The van der Waals surface area contributed by atoms with Crippen molar-refractivity contribution in [2.75, 3.05) is 26.3 Å². The Morgan fingerprint density at radius 2 is 2.18 bits per heavy atom. The molecule has 17 heavy (non-hydrogen) atoms. The van der Waals surface area contributed by atoms with Crippen LogP contribution in [-0.4, -0.2) is 47.4 Å². The molecule has 0 aromatic heterocycles. The second-order valence-electron chi connectivity index (χ2n) is 4.02. The highest BCUT2D eigenvalue weighted by Crippen LogP contribution is 2.22. The van der Waals surface area contributed by atoms with Crippen molar-refractivity contribution >= 4 is 5.97 Å². The van der Waals surface area contributed by atoms with Crippen LogP contribution in [0.3, 0.4) is 0 Å². The van der Waals surface area contributed by atoms with Crippen molar-refractivity contribution in [3.8, 4) is 0 Å². The van der Waals surface area contributed by atoms with Crippen LogP contribution >= 0.6 is 0 Å². The van der Waals surface area contributed by atoms with E-state index in [0.29, 0.717) is 18.8 Å². The molecular formula is C12H15NO4. The van der Waals surface area contributed by atoms with Gasteiger partial charge in [0.15, 0.2) is 0 Å². The van der Waals surface area contributed by atoms with Gasteiger partial charge in [0.1, 0.15) is 11.7 Å². The van der Waals surface area contributed by atoms with E-state index >= 15 is 0 Å². The van der Waals surface area contributed by atoms with Crippen LogP contribution in [-0.2, 0) is 9.53 Å². The highest BCUT2D eigenvalue weighted by molar-refractivity contribution is 5.77. The molecule has 1 aliphatic carbocycles. The fraction of sp³-hybridized carbons (Fsp3) is 0.417. The van der Waals surface area contributed by atoms with Crippen LogP contribution in [0.5, 0.6) is 0 Å². The Labute approximate surface area is 99.3 Å². The third-order valence-electron chi connectivity index (χ3n) is 2.78. The number of aliphatic carboxylic acids is 1. The number of carboxylic acids is 1. The van der Waals surface area contributed by atoms with E-state index in [2.05, 4.69) is 0 Å². The van der Waals surface area contributed by atoms with E-state index in [1.54, 1.807) is 6.20 Å². The molecule has 5 nitrogen and oxygen atoms in total. The fourth-order valence-electron chi connectivity index (χ4n) is 1.87. The molecule has 1 saturated heterocycles. The van der Waals surface area contributed by atoms with Crippen LogP contribution < -0.4 is 0 Å². The number of nitrogens with zero attached hydrogens (tertiary/aromatic N) is 1. The van der Waals surface area contributed by atoms with Crippen molar-refractivity contribution < 1.29 is 19.7 Å². The molecule has 5 heteroatoms. The molecule has 0 amide bonds. The SMILES string of the molecule is O=C(O)C1C=CC(O)=C/C1=C\N1CCOCC1. The Morgan fingerprint density at radius 3 is 2.82 bits per heavy atom. The van der Waals surface area contributed by atoms with Crippen LogP contribution in [0, 0.1) is 5.92 Å². The lowest BCUT2D eigenvalue weighted by molar-refractivity contribution is -0.138. The lowest BCUT2D eigenvalue weighted by atomic mass is 9.94. The molecule has 0 spiro atoms. The number of rotatable bonds is 2. The topological polar surface area (TPSA) is 70.0 Å². The van der Waals surface area contributed by atoms with Gasteiger partial charge in [-0.25, -0.2) is 0 Å². The van der Waals surface area contributed by atoms with Gasteiger partial charge in [0.25, 0.3) is 0 Å². The number of morpholine rings is 1. The molecule has 1 heterocycles. The maximum atomic E-state index is 11.1. The third kappa shape index (κ3) is 2.88. The van der Waals surface area contributed by atoms with Crippen LogP contribution in [0.4, 0.5) is 0 Å². The van der Waals surface area contributed by atoms with Crippen LogP contribution in [0.25, 0.3) is 0 Å². The van der Waals surface area contributed by atoms with Crippen LogP contribution in [0.15, 0.2) is 35.8 Å². The summed E-state index contributed by atoms with van der Waals surface area (Å²) in [5.41, 5.74) is 0.597. The Morgan fingerprint density at radius 1 is 1.47 bits per heavy atom. The highest BCUT2D eigenvalue weighted by atomic mass is 16.5. The summed E-state index contributed by atoms with van der Waals surface area (Å²) in [6.07, 6.45) is 6.19. The number of ether oxygens (including phenoxy) is 1. The number of hydrogen-bond donors (Lipinski definition) is 2. The van der Waals surface area contributed by atoms with Gasteiger partial charge in [-0.2, -0.15) is 0 Å². The number of carboxylic acid groups (broad SMARTS) is 1. The maximum absolute atomic E-state index is 11.1. The first-order valence-corrected chi connectivity index (χ1v) is 5.52. The quantitative estimate of drug-likeness (QED) is 0.747. The monoisotopic (exact) mass is 237 g/mol. The largest absolute Gasteiger partial charge is 0.508 e. The van der Waals surface area contributed by atoms with Gasteiger partial charge in [0.2, 0.25) is 0 Å². The molecule has 1 aliphatic heterocycles. The van der Waals surface area contributed by atoms with Gasteiger partial charge in [-0.05, 0) is 17.7 Å². The second kappa shape index (κ2) is 5.05. The molecular weight excluding hydrogens is 222 g/mol. The Bertz CT molecular complexity index is 391. The highest BCUT2D eigenvalue weighted by Gasteiger charge is 2.22. The summed E-state index contributed by atoms with van der Waals surface area (Å²) in [5.74, 6) is -1.51. The van der Waals surface area contributed by atoms with Gasteiger partial charge in [0.05, 0.1) is 13.2 Å². The van der Waals surface area contributed by atoms with Crippen molar-refractivity contribution in [1.82, 2.24) is 4.90 Å². The smallest absolute Gasteiger partial charge is 0.314 e. The van der Waals surface area contributed by atoms with Gasteiger partial charge in [-0.3, -0.25) is 4.79 Å². The average molecular weight is 237 g/mol. The predicted molar refractivity (Wildman–Crippen MR) is 61.5 cm³/mol. The first-order chi connectivity index (χ1) is 8.16. The number of aliphatic hydroxyl groups is 1. The van der Waals surface area contributed by atoms with E-state index in [1.165, 1.54) is 18.2 Å². The van der Waals surface area contributed by atoms with E-state index < -0.39 is 11.9 Å². The Kier molecular flexibility index (Phi) is 3.49. The first kappa shape index (κ1) is 11.7. The zero-order chi connectivity index (χ0) is 12.3. The van der Waals surface area contributed by atoms with Crippen molar-refractivity contribution in [1.29, 1.82) is 0 Å². The minimum absolute atomic E-state index is 0.0852. The number of aliphatic hydroxyl groups excluding tert-OH is 1. The number of carbonyl (C=O) groups is 1. The second-order valence-corrected chi connectivity index (χ2v) is 4.02. The molecule has 92 valence electrons. The standard InChI is InChI=1S/C12H15NO4/c14-10-1-2-11(12(15)16)9(7-10)8-13-3-5-17-6-4-13/h1-2,7-8,11,14H,3-6H2,(H,15,16)/b9-8+. The zero-order valence-electron chi connectivity index (χ0n) is 9.37. The zero-order valence-corrected chi connectivity index (χ0v) is 9.37. The van der Waals surface area contributed by atoms with Crippen LogP contribution in [0.1, 0.15) is 0 Å². The summed E-state index contributed by atoms with van der Waals surface area (Å²) in [5, 5.41) is 18.5. The molecule has 1 atom stereocenters. The molecule has 0 radical (unpaired) electrons. The Balaban J connectivity index is 2.17. The van der Waals surface area contributed by atoms with Crippen LogP contribution in [0.2, 0.25) is 0 Å². The lowest BCUT2D eigenvalue weighted by Gasteiger charge is -2.27. The van der Waals surface area contributed by atoms with Gasteiger partial charge in [-0.15, -0.1) is 0 Å². The van der Waals surface area contributed by atoms with Crippen molar-refractivity contribution in [3.05, 3.63) is 35.8 Å². The molecule has 2 aliphatic rings. The third-order valence-corrected chi connectivity index (χ3v) is 2.78. The van der Waals surface area contributed by atoms with Crippen molar-refractivity contribution in [2.24, 2.45) is 5.92 Å². The minimum Gasteiger partial charge on any atom is -0.508 e. The van der Waals surface area contributed by atoms with E-state index in [9.17, 15) is 9.90 Å². The molecule has 1 fully saturated rings. The van der Waals surface area contributed by atoms with E-state index in [0.717, 1.165) is 13.1 Å². The first-order valence-electron chi connectivity index (χ1n) is 5.52. The van der Waals surface area contributed by atoms with Crippen molar-refractivity contribution in [2.45, 2.75) is 0 Å². The Hall–Kier alpha value is -1.75. The van der Waals surface area contributed by atoms with E-state index in [1.807, 2.05) is 4.90 Å². The summed E-state index contributed by atoms with van der Waals surface area (Å²) in [7, 11) is 0. The summed E-state index contributed by atoms with van der Waals surface area (Å²) in [4.78, 5) is 13.1. The molecule has 0 bridgehead atoms. The minimum atomic E-state index is -0.912. The van der Waals surface area contributed by atoms with Gasteiger partial charge >= 0.3 is 5.97 Å². The maximum Gasteiger partial charge on any atom is 0.314 e. The summed E-state index contributed by atoms with van der Waals surface area (Å²) in [6.45, 7) is 2.78. The normalized spacial score (nSPS) is 27.1. The van der Waals surface area contributed by atoms with E-state index in [-0.39, 0.29) is 5.76 Å². The van der Waals surface area contributed by atoms with E-state index in [4.69, 9.17) is 9.84 Å². The fourth-order valence-corrected chi connectivity index (χ4v) is 1.87. The number of allylic oxidation sites excluding steroid dienone is 2. The molecule has 0 aromatic rings. The molecule has 1 unspecified atom stereocenters. The average Bonchev–Trinajstić information content (AvgIpc) is 2.30. The molecule has 2 rings (SSSR count). The van der Waals surface area contributed by atoms with Crippen molar-refractivity contribution in [3.63, 3.8) is 0 Å². The van der Waals surface area contributed by atoms with Gasteiger partial charge in [0, 0.05) is 19.3 Å². The number of hydrogen-bond acceptors (Lipinski definition) is 4. The van der Waals surface area contributed by atoms with Gasteiger partial charge in [-0.1, -0.05) is 6.08 Å².